The molecule has 1 aromatic rings. The molecular weight excluding hydrogens is 350 g/mol. The molecule has 1 saturated carbocycles. The van der Waals surface area contributed by atoms with Gasteiger partial charge in [0, 0.05) is 25.3 Å². The number of benzene rings is 1. The Hall–Kier alpha value is -1.44. The van der Waals surface area contributed by atoms with Crippen LogP contribution in [0.2, 0.25) is 0 Å². The number of rotatable bonds is 5. The zero-order valence-corrected chi connectivity index (χ0v) is 16.2. The van der Waals surface area contributed by atoms with E-state index in [0.717, 1.165) is 45.1 Å². The minimum Gasteiger partial charge on any atom is -0.326 e. The SMILES string of the molecule is CN(C1CCCCC1)S(=O)(=O)c1cccc(NC(=O)C2CCCNC2)c1. The Labute approximate surface area is 156 Å². The average molecular weight is 380 g/mol. The molecule has 6 nitrogen and oxygen atoms in total. The molecule has 0 aromatic heterocycles. The van der Waals surface area contributed by atoms with Gasteiger partial charge in [0.25, 0.3) is 0 Å². The normalized spacial score (nSPS) is 22.3. The molecule has 1 aliphatic carbocycles. The first-order chi connectivity index (χ1) is 12.5. The summed E-state index contributed by atoms with van der Waals surface area (Å²) in [6, 6.07) is 6.68. The summed E-state index contributed by atoms with van der Waals surface area (Å²) in [7, 11) is -1.88. The summed E-state index contributed by atoms with van der Waals surface area (Å²) in [4.78, 5) is 12.6. The number of hydrogen-bond donors (Lipinski definition) is 2. The molecule has 0 bridgehead atoms. The molecular formula is C19H29N3O3S. The van der Waals surface area contributed by atoms with Crippen LogP contribution >= 0.6 is 0 Å². The molecule has 0 spiro atoms. The quantitative estimate of drug-likeness (QED) is 0.824. The third-order valence-corrected chi connectivity index (χ3v) is 7.44. The molecule has 2 N–H and O–H groups in total. The van der Waals surface area contributed by atoms with Crippen LogP contribution in [0, 0.1) is 5.92 Å². The molecule has 1 aromatic carbocycles. The molecule has 1 atom stereocenters. The Morgan fingerprint density at radius 1 is 1.15 bits per heavy atom. The maximum atomic E-state index is 13.0. The van der Waals surface area contributed by atoms with Gasteiger partial charge in [0.1, 0.15) is 0 Å². The molecule has 1 unspecified atom stereocenters. The lowest BCUT2D eigenvalue weighted by Crippen LogP contribution is -2.38. The van der Waals surface area contributed by atoms with E-state index in [0.29, 0.717) is 12.2 Å². The lowest BCUT2D eigenvalue weighted by atomic mass is 9.96. The second-order valence-corrected chi connectivity index (χ2v) is 9.37. The maximum Gasteiger partial charge on any atom is 0.243 e. The lowest BCUT2D eigenvalue weighted by Gasteiger charge is -2.30. The van der Waals surface area contributed by atoms with Crippen LogP contribution in [0.1, 0.15) is 44.9 Å². The summed E-state index contributed by atoms with van der Waals surface area (Å²) in [5, 5.41) is 6.11. The van der Waals surface area contributed by atoms with Crippen molar-refractivity contribution in [2.45, 2.75) is 55.9 Å². The average Bonchev–Trinajstić information content (AvgIpc) is 2.69. The van der Waals surface area contributed by atoms with Crippen molar-refractivity contribution in [1.82, 2.24) is 9.62 Å². The van der Waals surface area contributed by atoms with Crippen molar-refractivity contribution in [2.24, 2.45) is 5.92 Å². The molecule has 0 radical (unpaired) electrons. The van der Waals surface area contributed by atoms with Gasteiger partial charge in [-0.1, -0.05) is 25.3 Å². The van der Waals surface area contributed by atoms with E-state index < -0.39 is 10.0 Å². The number of carbonyl (C=O) groups is 1. The van der Waals surface area contributed by atoms with Gasteiger partial charge in [0.15, 0.2) is 0 Å². The van der Waals surface area contributed by atoms with E-state index in [2.05, 4.69) is 10.6 Å². The van der Waals surface area contributed by atoms with Crippen molar-refractivity contribution < 1.29 is 13.2 Å². The van der Waals surface area contributed by atoms with Crippen molar-refractivity contribution >= 4 is 21.6 Å². The fourth-order valence-corrected chi connectivity index (χ4v) is 5.32. The summed E-state index contributed by atoms with van der Waals surface area (Å²) in [6.07, 6.45) is 7.02. The molecule has 2 fully saturated rings. The fraction of sp³-hybridized carbons (Fsp3) is 0.632. The second-order valence-electron chi connectivity index (χ2n) is 7.37. The molecule has 7 heteroatoms. The summed E-state index contributed by atoms with van der Waals surface area (Å²) in [5.41, 5.74) is 0.540. The smallest absolute Gasteiger partial charge is 0.243 e. The summed E-state index contributed by atoms with van der Waals surface area (Å²) < 4.78 is 27.5. The van der Waals surface area contributed by atoms with Crippen molar-refractivity contribution in [3.8, 4) is 0 Å². The van der Waals surface area contributed by atoms with Gasteiger partial charge in [0.2, 0.25) is 15.9 Å². The van der Waals surface area contributed by atoms with E-state index in [9.17, 15) is 13.2 Å². The number of piperidine rings is 1. The molecule has 1 saturated heterocycles. The number of anilines is 1. The van der Waals surface area contributed by atoms with Crippen LogP contribution in [0.3, 0.4) is 0 Å². The predicted molar refractivity (Wildman–Crippen MR) is 102 cm³/mol. The Bertz CT molecular complexity index is 723. The zero-order chi connectivity index (χ0) is 18.6. The van der Waals surface area contributed by atoms with Gasteiger partial charge in [-0.15, -0.1) is 0 Å². The third kappa shape index (κ3) is 4.45. The first kappa shape index (κ1) is 19.3. The van der Waals surface area contributed by atoms with E-state index in [1.165, 1.54) is 10.7 Å². The molecule has 2 aliphatic rings. The molecule has 26 heavy (non-hydrogen) atoms. The minimum absolute atomic E-state index is 0.0487. The number of amides is 1. The zero-order valence-electron chi connectivity index (χ0n) is 15.4. The van der Waals surface area contributed by atoms with Crippen LogP contribution in [0.4, 0.5) is 5.69 Å². The lowest BCUT2D eigenvalue weighted by molar-refractivity contribution is -0.120. The Balaban J connectivity index is 1.72. The van der Waals surface area contributed by atoms with Crippen molar-refractivity contribution in [3.05, 3.63) is 24.3 Å². The minimum atomic E-state index is -3.55. The highest BCUT2D eigenvalue weighted by Crippen LogP contribution is 2.27. The summed E-state index contributed by atoms with van der Waals surface area (Å²) in [5.74, 6) is -0.110. The van der Waals surface area contributed by atoms with E-state index in [1.807, 2.05) is 0 Å². The first-order valence-electron chi connectivity index (χ1n) is 9.58. The van der Waals surface area contributed by atoms with Crippen LogP contribution < -0.4 is 10.6 Å². The van der Waals surface area contributed by atoms with Gasteiger partial charge < -0.3 is 10.6 Å². The van der Waals surface area contributed by atoms with Gasteiger partial charge in [-0.2, -0.15) is 4.31 Å². The third-order valence-electron chi connectivity index (χ3n) is 5.54. The van der Waals surface area contributed by atoms with Gasteiger partial charge in [-0.3, -0.25) is 4.79 Å². The molecule has 3 rings (SSSR count). The van der Waals surface area contributed by atoms with Crippen molar-refractivity contribution in [1.29, 1.82) is 0 Å². The standard InChI is InChI=1S/C19H29N3O3S/c1-22(17-9-3-2-4-10-17)26(24,25)18-11-5-8-16(13-18)21-19(23)15-7-6-12-20-14-15/h5,8,11,13,15,17,20H,2-4,6-7,9-10,12,14H2,1H3,(H,21,23). The van der Waals surface area contributed by atoms with Gasteiger partial charge >= 0.3 is 0 Å². The van der Waals surface area contributed by atoms with E-state index >= 15 is 0 Å². The van der Waals surface area contributed by atoms with Crippen LogP contribution in [-0.4, -0.2) is 44.8 Å². The van der Waals surface area contributed by atoms with Gasteiger partial charge in [-0.25, -0.2) is 8.42 Å². The van der Waals surface area contributed by atoms with Crippen molar-refractivity contribution in [2.75, 3.05) is 25.5 Å². The highest BCUT2D eigenvalue weighted by atomic mass is 32.2. The highest BCUT2D eigenvalue weighted by molar-refractivity contribution is 7.89. The number of sulfonamides is 1. The van der Waals surface area contributed by atoms with Crippen LogP contribution in [0.15, 0.2) is 29.2 Å². The van der Waals surface area contributed by atoms with Gasteiger partial charge in [-0.05, 0) is 50.4 Å². The fourth-order valence-electron chi connectivity index (χ4n) is 3.86. The predicted octanol–water partition coefficient (Wildman–Crippen LogP) is 2.58. The van der Waals surface area contributed by atoms with E-state index in [4.69, 9.17) is 0 Å². The molecule has 1 heterocycles. The van der Waals surface area contributed by atoms with E-state index in [-0.39, 0.29) is 22.8 Å². The van der Waals surface area contributed by atoms with Crippen LogP contribution in [-0.2, 0) is 14.8 Å². The molecule has 1 aliphatic heterocycles. The van der Waals surface area contributed by atoms with Crippen LogP contribution in [0.5, 0.6) is 0 Å². The maximum absolute atomic E-state index is 13.0. The Kier molecular flexibility index (Phi) is 6.32. The Morgan fingerprint density at radius 2 is 1.92 bits per heavy atom. The van der Waals surface area contributed by atoms with E-state index in [1.54, 1.807) is 31.3 Å². The number of carbonyl (C=O) groups excluding carboxylic acids is 1. The molecule has 1 amide bonds. The topological polar surface area (TPSA) is 78.5 Å². The highest BCUT2D eigenvalue weighted by Gasteiger charge is 2.29. The number of nitrogens with one attached hydrogen (secondary N) is 2. The number of hydrogen-bond acceptors (Lipinski definition) is 4. The summed E-state index contributed by atoms with van der Waals surface area (Å²) in [6.45, 7) is 1.62. The first-order valence-corrected chi connectivity index (χ1v) is 11.0. The molecule has 144 valence electrons. The number of nitrogens with zero attached hydrogens (tertiary/aromatic N) is 1. The van der Waals surface area contributed by atoms with Crippen molar-refractivity contribution in [3.63, 3.8) is 0 Å². The Morgan fingerprint density at radius 3 is 2.62 bits per heavy atom. The largest absolute Gasteiger partial charge is 0.326 e. The second kappa shape index (κ2) is 8.50. The van der Waals surface area contributed by atoms with Gasteiger partial charge in [0.05, 0.1) is 10.8 Å². The van der Waals surface area contributed by atoms with Crippen LogP contribution in [0.25, 0.3) is 0 Å². The summed E-state index contributed by atoms with van der Waals surface area (Å²) >= 11 is 0. The monoisotopic (exact) mass is 379 g/mol.